The average molecular weight is 276 g/mol. The summed E-state index contributed by atoms with van der Waals surface area (Å²) in [5.74, 6) is 0. The van der Waals surface area contributed by atoms with Crippen LogP contribution < -0.4 is 11.5 Å². The van der Waals surface area contributed by atoms with Crippen molar-refractivity contribution in [1.29, 1.82) is 0 Å². The van der Waals surface area contributed by atoms with Gasteiger partial charge in [0.2, 0.25) is 0 Å². The summed E-state index contributed by atoms with van der Waals surface area (Å²) in [4.78, 5) is 19.0. The summed E-state index contributed by atoms with van der Waals surface area (Å²) >= 11 is 0. The van der Waals surface area contributed by atoms with Gasteiger partial charge in [-0.05, 0) is 18.2 Å². The molecule has 0 fully saturated rings. The van der Waals surface area contributed by atoms with Gasteiger partial charge in [-0.25, -0.2) is 0 Å². The third kappa shape index (κ3) is 4.26. The number of nitrogens with zero attached hydrogens (tertiary/aromatic N) is 2. The molecule has 20 heavy (non-hydrogen) atoms. The van der Waals surface area contributed by atoms with E-state index in [1.165, 1.54) is 18.2 Å². The lowest BCUT2D eigenvalue weighted by molar-refractivity contribution is -0.394. The fourth-order valence-corrected chi connectivity index (χ4v) is 1.23. The van der Waals surface area contributed by atoms with Gasteiger partial charge in [0, 0.05) is 12.1 Å². The van der Waals surface area contributed by atoms with Crippen LogP contribution in [0.3, 0.4) is 0 Å². The summed E-state index contributed by atoms with van der Waals surface area (Å²) in [6, 6.07) is 11.8. The molecule has 0 aliphatic rings. The highest BCUT2D eigenvalue weighted by Gasteiger charge is 2.11. The van der Waals surface area contributed by atoms with Crippen LogP contribution in [0.4, 0.5) is 22.7 Å². The number of para-hydroxylation sites is 2. The van der Waals surface area contributed by atoms with Crippen LogP contribution in [0.25, 0.3) is 0 Å². The summed E-state index contributed by atoms with van der Waals surface area (Å²) < 4.78 is 0. The summed E-state index contributed by atoms with van der Waals surface area (Å²) in [5, 5.41) is 20.3. The number of benzene rings is 2. The minimum Gasteiger partial charge on any atom is -0.397 e. The fourth-order valence-electron chi connectivity index (χ4n) is 1.23. The molecule has 0 bridgehead atoms. The van der Waals surface area contributed by atoms with E-state index in [-0.39, 0.29) is 11.4 Å². The zero-order chi connectivity index (χ0) is 15.1. The van der Waals surface area contributed by atoms with Crippen molar-refractivity contribution in [1.82, 2.24) is 0 Å². The van der Waals surface area contributed by atoms with Crippen LogP contribution in [0.5, 0.6) is 0 Å². The maximum Gasteiger partial charge on any atom is 0.276 e. The molecule has 4 N–H and O–H groups in total. The quantitative estimate of drug-likeness (QED) is 0.490. The van der Waals surface area contributed by atoms with Gasteiger partial charge in [0.15, 0.2) is 0 Å². The van der Waals surface area contributed by atoms with Gasteiger partial charge in [0.05, 0.1) is 27.3 Å². The Morgan fingerprint density at radius 1 is 0.750 bits per heavy atom. The number of anilines is 2. The van der Waals surface area contributed by atoms with Gasteiger partial charge in [-0.15, -0.1) is 0 Å². The second-order valence-corrected chi connectivity index (χ2v) is 3.66. The van der Waals surface area contributed by atoms with E-state index in [2.05, 4.69) is 0 Å². The summed E-state index contributed by atoms with van der Waals surface area (Å²) in [6.45, 7) is 0. The Kier molecular flexibility index (Phi) is 4.98. The molecule has 8 nitrogen and oxygen atoms in total. The number of nitro groups is 2. The highest BCUT2D eigenvalue weighted by Crippen LogP contribution is 2.18. The number of non-ortho nitro benzene ring substituents is 2. The van der Waals surface area contributed by atoms with Crippen molar-refractivity contribution in [3.63, 3.8) is 0 Å². The first-order valence-electron chi connectivity index (χ1n) is 5.40. The van der Waals surface area contributed by atoms with E-state index >= 15 is 0 Å². The summed E-state index contributed by atoms with van der Waals surface area (Å²) in [7, 11) is 0. The fraction of sp³-hybridized carbons (Fsp3) is 0. The van der Waals surface area contributed by atoms with Gasteiger partial charge >= 0.3 is 0 Å². The van der Waals surface area contributed by atoms with Crippen molar-refractivity contribution in [2.45, 2.75) is 0 Å². The third-order valence-corrected chi connectivity index (χ3v) is 2.25. The van der Waals surface area contributed by atoms with Crippen LogP contribution in [0.1, 0.15) is 0 Å². The molecule has 0 aliphatic heterocycles. The van der Waals surface area contributed by atoms with Gasteiger partial charge in [0.1, 0.15) is 0 Å². The predicted molar refractivity (Wildman–Crippen MR) is 75.0 cm³/mol. The van der Waals surface area contributed by atoms with E-state index < -0.39 is 9.85 Å². The molecule has 8 heteroatoms. The van der Waals surface area contributed by atoms with Crippen LogP contribution in [0.2, 0.25) is 0 Å². The van der Waals surface area contributed by atoms with Crippen molar-refractivity contribution in [3.05, 3.63) is 68.8 Å². The minimum atomic E-state index is -0.674. The minimum absolute atomic E-state index is 0.274. The second-order valence-electron chi connectivity index (χ2n) is 3.66. The molecule has 0 aliphatic carbocycles. The van der Waals surface area contributed by atoms with Crippen molar-refractivity contribution in [2.24, 2.45) is 0 Å². The number of hydrogen-bond donors (Lipinski definition) is 2. The van der Waals surface area contributed by atoms with E-state index in [1.54, 1.807) is 12.1 Å². The van der Waals surface area contributed by atoms with Crippen molar-refractivity contribution in [2.75, 3.05) is 11.5 Å². The first-order valence-corrected chi connectivity index (χ1v) is 5.40. The smallest absolute Gasteiger partial charge is 0.276 e. The van der Waals surface area contributed by atoms with Crippen molar-refractivity contribution >= 4 is 22.7 Å². The predicted octanol–water partition coefficient (Wildman–Crippen LogP) is 2.35. The zero-order valence-electron chi connectivity index (χ0n) is 10.3. The second kappa shape index (κ2) is 6.69. The average Bonchev–Trinajstić information content (AvgIpc) is 2.43. The van der Waals surface area contributed by atoms with Gasteiger partial charge in [0.25, 0.3) is 11.4 Å². The van der Waals surface area contributed by atoms with Crippen LogP contribution in [-0.4, -0.2) is 9.85 Å². The van der Waals surface area contributed by atoms with E-state index in [0.29, 0.717) is 11.4 Å². The molecule has 2 rings (SSSR count). The Morgan fingerprint density at radius 2 is 1.15 bits per heavy atom. The Balaban J connectivity index is 0.000000217. The highest BCUT2D eigenvalue weighted by atomic mass is 16.6. The van der Waals surface area contributed by atoms with Crippen molar-refractivity contribution < 1.29 is 9.85 Å². The number of hydrogen-bond acceptors (Lipinski definition) is 6. The SMILES string of the molecule is Nc1ccccc1N.O=[N+]([O-])c1cccc([N+](=O)[O-])c1. The van der Waals surface area contributed by atoms with E-state index in [0.717, 1.165) is 6.07 Å². The molecule has 2 aromatic carbocycles. The van der Waals surface area contributed by atoms with E-state index in [4.69, 9.17) is 11.5 Å². The van der Waals surface area contributed by atoms with Gasteiger partial charge in [-0.1, -0.05) is 12.1 Å². The molecule has 0 radical (unpaired) electrons. The van der Waals surface area contributed by atoms with E-state index in [1.807, 2.05) is 12.1 Å². The molecule has 0 saturated carbocycles. The molecule has 0 spiro atoms. The normalized spacial score (nSPS) is 9.20. The molecule has 0 unspecified atom stereocenters. The largest absolute Gasteiger partial charge is 0.397 e. The topological polar surface area (TPSA) is 138 Å². The Morgan fingerprint density at radius 3 is 1.45 bits per heavy atom. The van der Waals surface area contributed by atoms with Crippen LogP contribution in [-0.2, 0) is 0 Å². The van der Waals surface area contributed by atoms with Crippen LogP contribution in [0.15, 0.2) is 48.5 Å². The number of nitro benzene ring substituents is 2. The molecular weight excluding hydrogens is 264 g/mol. The Labute approximate surface area is 113 Å². The van der Waals surface area contributed by atoms with Gasteiger partial charge < -0.3 is 11.5 Å². The molecule has 2 aromatic rings. The third-order valence-electron chi connectivity index (χ3n) is 2.25. The summed E-state index contributed by atoms with van der Waals surface area (Å²) in [6.07, 6.45) is 0. The molecule has 104 valence electrons. The van der Waals surface area contributed by atoms with Gasteiger partial charge in [-0.3, -0.25) is 20.2 Å². The van der Waals surface area contributed by atoms with E-state index in [9.17, 15) is 20.2 Å². The summed E-state index contributed by atoms with van der Waals surface area (Å²) in [5.41, 5.74) is 11.5. The Hall–Kier alpha value is -3.16. The molecule has 0 amide bonds. The van der Waals surface area contributed by atoms with Crippen LogP contribution in [0, 0.1) is 20.2 Å². The first kappa shape index (κ1) is 14.9. The zero-order valence-corrected chi connectivity index (χ0v) is 10.3. The molecule has 0 saturated heterocycles. The first-order chi connectivity index (χ1) is 9.41. The number of nitrogens with two attached hydrogens (primary N) is 2. The maximum atomic E-state index is 10.2. The highest BCUT2D eigenvalue weighted by molar-refractivity contribution is 5.62. The molecule has 0 aromatic heterocycles. The molecule has 0 atom stereocenters. The standard InChI is InChI=1S/C6H4N2O4.C6H8N2/c9-7(10)5-2-1-3-6(4-5)8(11)12;7-5-3-1-2-4-6(5)8/h1-4H;1-4H,7-8H2. The van der Waals surface area contributed by atoms with Gasteiger partial charge in [-0.2, -0.15) is 0 Å². The maximum absolute atomic E-state index is 10.2. The number of nitrogen functional groups attached to an aromatic ring is 2. The monoisotopic (exact) mass is 276 g/mol. The molecular formula is C12H12N4O4. The molecule has 0 heterocycles. The lowest BCUT2D eigenvalue weighted by Crippen LogP contribution is -1.91. The van der Waals surface area contributed by atoms with Crippen LogP contribution >= 0.6 is 0 Å². The Bertz CT molecular complexity index is 580. The number of rotatable bonds is 2. The lowest BCUT2D eigenvalue weighted by Gasteiger charge is -1.94. The van der Waals surface area contributed by atoms with Crippen molar-refractivity contribution in [3.8, 4) is 0 Å². The lowest BCUT2D eigenvalue weighted by atomic mass is 10.3.